The van der Waals surface area contributed by atoms with Crippen LogP contribution >= 0.6 is 7.82 Å². The van der Waals surface area contributed by atoms with Crippen LogP contribution in [0.4, 0.5) is 0 Å². The second kappa shape index (κ2) is 14.4. The molecule has 0 bridgehead atoms. The van der Waals surface area contributed by atoms with Gasteiger partial charge in [0, 0.05) is 103 Å². The van der Waals surface area contributed by atoms with Gasteiger partial charge in [0.1, 0.15) is 24.4 Å². The van der Waals surface area contributed by atoms with E-state index in [0.717, 1.165) is 0 Å². The molecule has 10 nitrogen and oxygen atoms in total. The van der Waals surface area contributed by atoms with Crippen LogP contribution in [0.1, 0.15) is 0 Å². The van der Waals surface area contributed by atoms with Gasteiger partial charge in [-0.2, -0.15) is 0 Å². The molecule has 0 aliphatic heterocycles. The van der Waals surface area contributed by atoms with Crippen LogP contribution in [-0.4, -0.2) is 176 Å². The molecule has 0 aliphatic carbocycles. The molecule has 0 saturated heterocycles. The summed E-state index contributed by atoms with van der Waals surface area (Å²) in [7, 11) is -4.80. The van der Waals surface area contributed by atoms with E-state index in [9.17, 15) is 9.36 Å². The summed E-state index contributed by atoms with van der Waals surface area (Å²) < 4.78 is 14.1. The fourth-order valence-electron chi connectivity index (χ4n) is 0.782. The fourth-order valence-corrected chi connectivity index (χ4v) is 1.13. The van der Waals surface area contributed by atoms with E-state index < -0.39 is 38.8 Å². The van der Waals surface area contributed by atoms with E-state index in [4.69, 9.17) is 30.2 Å². The summed E-state index contributed by atoms with van der Waals surface area (Å²) in [6.45, 7) is -0.964. The van der Waals surface area contributed by atoms with Gasteiger partial charge in [0.2, 0.25) is 0 Å². The standard InChI is InChI=1S/C6H13O9P.2K.H2O/c7-1-3(8)5(10)6(11)4(9)2-15-16(12,13)14;;;/h1,3-6,8-11H,2H2,(H2,12,13,14);;;1H2/t3-,4+,5+,6+;;;/m0.../s1. The van der Waals surface area contributed by atoms with E-state index in [2.05, 4.69) is 4.52 Å². The average molecular weight is 356 g/mol. The molecule has 2 radical (unpaired) electrons. The molecular formula is C6H15K2O10P. The van der Waals surface area contributed by atoms with Crippen LogP contribution in [0.5, 0.6) is 0 Å². The number of phosphoric acid groups is 1. The fraction of sp³-hybridized carbons (Fsp3) is 0.833. The third-order valence-electron chi connectivity index (χ3n) is 1.65. The van der Waals surface area contributed by atoms with Gasteiger partial charge in [-0.05, 0) is 0 Å². The minimum absolute atomic E-state index is 0. The first-order chi connectivity index (χ1) is 7.19. The van der Waals surface area contributed by atoms with E-state index in [-0.39, 0.29) is 115 Å². The predicted molar refractivity (Wildman–Crippen MR) is 63.2 cm³/mol. The van der Waals surface area contributed by atoms with Crippen molar-refractivity contribution in [3.63, 3.8) is 0 Å². The van der Waals surface area contributed by atoms with Gasteiger partial charge in [-0.3, -0.25) is 4.52 Å². The first-order valence-electron chi connectivity index (χ1n) is 4.06. The van der Waals surface area contributed by atoms with E-state index >= 15 is 0 Å². The zero-order valence-electron chi connectivity index (χ0n) is 10.4. The van der Waals surface area contributed by atoms with Gasteiger partial charge in [-0.15, -0.1) is 0 Å². The average Bonchev–Trinajstić information content (AvgIpc) is 2.21. The maximum Gasteiger partial charge on any atom is 0.469 e. The Hall–Kier alpha value is 2.85. The van der Waals surface area contributed by atoms with Crippen molar-refractivity contribution in [2.75, 3.05) is 6.61 Å². The Bertz CT molecular complexity index is 273. The van der Waals surface area contributed by atoms with Gasteiger partial charge in [-0.25, -0.2) is 4.57 Å². The summed E-state index contributed by atoms with van der Waals surface area (Å²) in [5.74, 6) is 0. The molecular weight excluding hydrogens is 341 g/mol. The summed E-state index contributed by atoms with van der Waals surface area (Å²) in [4.78, 5) is 26.6. The largest absolute Gasteiger partial charge is 0.469 e. The first-order valence-corrected chi connectivity index (χ1v) is 5.59. The molecule has 8 N–H and O–H groups in total. The van der Waals surface area contributed by atoms with E-state index in [1.165, 1.54) is 0 Å². The minimum atomic E-state index is -4.80. The molecule has 0 fully saturated rings. The van der Waals surface area contributed by atoms with Crippen LogP contribution in [0, 0.1) is 0 Å². The molecule has 0 rings (SSSR count). The number of aliphatic hydroxyl groups excluding tert-OH is 4. The topological polar surface area (TPSA) is 196 Å². The summed E-state index contributed by atoms with van der Waals surface area (Å²) in [6.07, 6.45) is -7.80. The Morgan fingerprint density at radius 1 is 1.05 bits per heavy atom. The molecule has 0 amide bonds. The number of rotatable bonds is 7. The van der Waals surface area contributed by atoms with Crippen LogP contribution in [0.25, 0.3) is 0 Å². The van der Waals surface area contributed by atoms with Crippen molar-refractivity contribution < 1.29 is 49.6 Å². The van der Waals surface area contributed by atoms with Gasteiger partial charge in [0.25, 0.3) is 0 Å². The Balaban J connectivity index is -0.000000375. The molecule has 106 valence electrons. The quantitative estimate of drug-likeness (QED) is 0.147. The van der Waals surface area contributed by atoms with Crippen molar-refractivity contribution in [1.82, 2.24) is 0 Å². The smallest absolute Gasteiger partial charge is 0.412 e. The van der Waals surface area contributed by atoms with Gasteiger partial charge in [0.15, 0.2) is 6.29 Å². The van der Waals surface area contributed by atoms with Gasteiger partial charge < -0.3 is 40.5 Å². The first kappa shape index (κ1) is 29.8. The molecule has 0 aliphatic rings. The number of carbonyl (C=O) groups excluding carboxylic acids is 1. The SMILES string of the molecule is O.O=C[C@H](O)[C@@H](O)[C@H](O)[C@H](O)COP(=O)(O)O.[K].[K]. The van der Waals surface area contributed by atoms with Crippen LogP contribution in [0.2, 0.25) is 0 Å². The van der Waals surface area contributed by atoms with Crippen molar-refractivity contribution in [2.45, 2.75) is 24.4 Å². The molecule has 0 aromatic rings. The van der Waals surface area contributed by atoms with Crippen molar-refractivity contribution in [3.8, 4) is 0 Å². The molecule has 0 saturated carbocycles. The van der Waals surface area contributed by atoms with Crippen molar-refractivity contribution >= 4 is 117 Å². The Morgan fingerprint density at radius 3 is 1.79 bits per heavy atom. The monoisotopic (exact) mass is 356 g/mol. The second-order valence-electron chi connectivity index (χ2n) is 2.96. The van der Waals surface area contributed by atoms with Crippen molar-refractivity contribution in [3.05, 3.63) is 0 Å². The maximum absolute atomic E-state index is 10.2. The Kier molecular flexibility index (Phi) is 22.7. The van der Waals surface area contributed by atoms with Crippen LogP contribution in [-0.2, 0) is 13.9 Å². The number of hydrogen-bond donors (Lipinski definition) is 6. The number of hydrogen-bond acceptors (Lipinski definition) is 7. The molecule has 0 aromatic heterocycles. The van der Waals surface area contributed by atoms with E-state index in [1.54, 1.807) is 0 Å². The van der Waals surface area contributed by atoms with Crippen LogP contribution in [0.3, 0.4) is 0 Å². The summed E-state index contributed by atoms with van der Waals surface area (Å²) in [5.41, 5.74) is 0. The molecule has 0 spiro atoms. The van der Waals surface area contributed by atoms with Gasteiger partial charge in [0.05, 0.1) is 6.61 Å². The number of aliphatic hydroxyl groups is 4. The molecule has 19 heavy (non-hydrogen) atoms. The number of aldehydes is 1. The number of phosphoric ester groups is 1. The molecule has 4 atom stereocenters. The van der Waals surface area contributed by atoms with Crippen molar-refractivity contribution in [2.24, 2.45) is 0 Å². The Morgan fingerprint density at radius 2 is 1.47 bits per heavy atom. The third-order valence-corrected chi connectivity index (χ3v) is 2.13. The summed E-state index contributed by atoms with van der Waals surface area (Å²) >= 11 is 0. The zero-order chi connectivity index (χ0) is 12.9. The van der Waals surface area contributed by atoms with Gasteiger partial charge >= 0.3 is 7.82 Å². The summed E-state index contributed by atoms with van der Waals surface area (Å²) in [6, 6.07) is 0. The maximum atomic E-state index is 10.2. The van der Waals surface area contributed by atoms with Crippen LogP contribution < -0.4 is 0 Å². The normalized spacial score (nSPS) is 16.7. The predicted octanol–water partition coefficient (Wildman–Crippen LogP) is -4.85. The van der Waals surface area contributed by atoms with Gasteiger partial charge in [-0.1, -0.05) is 0 Å². The van der Waals surface area contributed by atoms with E-state index in [0.29, 0.717) is 0 Å². The Labute approximate surface area is 193 Å². The molecule has 0 unspecified atom stereocenters. The minimum Gasteiger partial charge on any atom is -0.412 e. The van der Waals surface area contributed by atoms with Crippen LogP contribution in [0.15, 0.2) is 0 Å². The molecule has 0 aromatic carbocycles. The summed E-state index contributed by atoms with van der Waals surface area (Å²) in [5, 5.41) is 36.1. The van der Waals surface area contributed by atoms with Crippen molar-refractivity contribution in [1.29, 1.82) is 0 Å². The number of carbonyl (C=O) groups is 1. The third kappa shape index (κ3) is 14.2. The molecule has 13 heteroatoms. The second-order valence-corrected chi connectivity index (χ2v) is 4.20. The van der Waals surface area contributed by atoms with E-state index in [1.807, 2.05) is 0 Å². The zero-order valence-corrected chi connectivity index (χ0v) is 17.6. The molecule has 0 heterocycles.